The number of nitriles is 1. The predicted molar refractivity (Wildman–Crippen MR) is 72.3 cm³/mol. The number of hydrogen-bond acceptors (Lipinski definition) is 5. The number of aliphatic carboxylic acids is 1. The predicted octanol–water partition coefficient (Wildman–Crippen LogP) is 1.66. The fourth-order valence-corrected chi connectivity index (χ4v) is 1.80. The quantitative estimate of drug-likeness (QED) is 0.465. The highest BCUT2D eigenvalue weighted by molar-refractivity contribution is 6.08. The number of carbonyl (C=O) groups is 3. The van der Waals surface area contributed by atoms with E-state index in [1.165, 1.54) is 12.1 Å². The summed E-state index contributed by atoms with van der Waals surface area (Å²) in [7, 11) is 0. The van der Waals surface area contributed by atoms with Crippen molar-refractivity contribution in [3.63, 3.8) is 0 Å². The second-order valence-corrected chi connectivity index (χ2v) is 4.29. The Hall–Kier alpha value is -2.68. The molecule has 0 amide bonds. The maximum Gasteiger partial charge on any atom is 0.320 e. The van der Waals surface area contributed by atoms with Gasteiger partial charge in [0.15, 0.2) is 5.78 Å². The van der Waals surface area contributed by atoms with E-state index in [2.05, 4.69) is 0 Å². The van der Waals surface area contributed by atoms with Crippen LogP contribution in [0.5, 0.6) is 0 Å². The monoisotopic (exact) mass is 289 g/mol. The zero-order chi connectivity index (χ0) is 15.8. The van der Waals surface area contributed by atoms with Crippen molar-refractivity contribution in [1.82, 2.24) is 0 Å². The molecule has 0 fully saturated rings. The van der Waals surface area contributed by atoms with Crippen LogP contribution in [0, 0.1) is 23.2 Å². The molecular weight excluding hydrogens is 274 g/mol. The van der Waals surface area contributed by atoms with E-state index >= 15 is 0 Å². The van der Waals surface area contributed by atoms with Gasteiger partial charge in [0.1, 0.15) is 11.8 Å². The van der Waals surface area contributed by atoms with Gasteiger partial charge in [0.25, 0.3) is 0 Å². The van der Waals surface area contributed by atoms with Crippen LogP contribution in [0.25, 0.3) is 0 Å². The first-order valence-electron chi connectivity index (χ1n) is 6.39. The Morgan fingerprint density at radius 1 is 1.29 bits per heavy atom. The van der Waals surface area contributed by atoms with Gasteiger partial charge in [-0.05, 0) is 13.3 Å². The third-order valence-electron chi connectivity index (χ3n) is 2.87. The lowest BCUT2D eigenvalue weighted by molar-refractivity contribution is -0.147. The summed E-state index contributed by atoms with van der Waals surface area (Å²) in [6.07, 6.45) is -0.404. The Morgan fingerprint density at radius 2 is 1.90 bits per heavy atom. The first kappa shape index (κ1) is 16.4. The van der Waals surface area contributed by atoms with Crippen LogP contribution in [0.15, 0.2) is 30.3 Å². The van der Waals surface area contributed by atoms with Crippen LogP contribution in [0.1, 0.15) is 23.7 Å². The fraction of sp³-hybridized carbons (Fsp3) is 0.333. The fourth-order valence-electron chi connectivity index (χ4n) is 1.80. The summed E-state index contributed by atoms with van der Waals surface area (Å²) in [5, 5.41) is 17.7. The molecule has 0 saturated heterocycles. The van der Waals surface area contributed by atoms with Crippen molar-refractivity contribution in [1.29, 1.82) is 5.26 Å². The maximum absolute atomic E-state index is 12.3. The molecule has 0 aliphatic rings. The van der Waals surface area contributed by atoms with Crippen LogP contribution >= 0.6 is 0 Å². The highest BCUT2D eigenvalue weighted by atomic mass is 16.5. The van der Waals surface area contributed by atoms with E-state index in [1.54, 1.807) is 31.2 Å². The van der Waals surface area contributed by atoms with Crippen molar-refractivity contribution in [3.8, 4) is 6.07 Å². The molecule has 1 aromatic rings. The number of nitrogens with zero attached hydrogens (tertiary/aromatic N) is 1. The lowest BCUT2D eigenvalue weighted by atomic mass is 9.89. The van der Waals surface area contributed by atoms with Crippen molar-refractivity contribution in [3.05, 3.63) is 35.9 Å². The molecule has 0 bridgehead atoms. The molecule has 1 N–H and O–H groups in total. The van der Waals surface area contributed by atoms with E-state index in [9.17, 15) is 14.4 Å². The van der Waals surface area contributed by atoms with Gasteiger partial charge in [0, 0.05) is 5.56 Å². The van der Waals surface area contributed by atoms with E-state index in [-0.39, 0.29) is 12.2 Å². The Bertz CT molecular complexity index is 561. The molecule has 6 heteroatoms. The van der Waals surface area contributed by atoms with Gasteiger partial charge < -0.3 is 9.84 Å². The number of ether oxygens (including phenoxy) is 1. The van der Waals surface area contributed by atoms with Gasteiger partial charge in [0.05, 0.1) is 12.7 Å². The van der Waals surface area contributed by atoms with Crippen molar-refractivity contribution in [2.24, 2.45) is 11.8 Å². The molecular formula is C15H15NO5. The second kappa shape index (κ2) is 7.80. The molecule has 2 atom stereocenters. The Labute approximate surface area is 122 Å². The van der Waals surface area contributed by atoms with Gasteiger partial charge in [-0.2, -0.15) is 5.26 Å². The summed E-state index contributed by atoms with van der Waals surface area (Å²) in [5.74, 6) is -5.46. The Morgan fingerprint density at radius 3 is 2.38 bits per heavy atom. The Balaban J connectivity index is 3.03. The number of benzene rings is 1. The minimum Gasteiger partial charge on any atom is -0.480 e. The molecule has 1 rings (SSSR count). The molecule has 0 saturated carbocycles. The van der Waals surface area contributed by atoms with Gasteiger partial charge in [-0.1, -0.05) is 30.3 Å². The third-order valence-corrected chi connectivity index (χ3v) is 2.87. The molecule has 110 valence electrons. The van der Waals surface area contributed by atoms with Gasteiger partial charge in [-0.3, -0.25) is 14.4 Å². The molecule has 6 nitrogen and oxygen atoms in total. The SMILES string of the molecule is CCOC(=O)C(CC(C#N)C(=O)O)C(=O)c1ccccc1. The average molecular weight is 289 g/mol. The largest absolute Gasteiger partial charge is 0.480 e. The summed E-state index contributed by atoms with van der Waals surface area (Å²) in [5.41, 5.74) is 0.276. The van der Waals surface area contributed by atoms with Gasteiger partial charge in [-0.25, -0.2) is 0 Å². The maximum atomic E-state index is 12.3. The minimum absolute atomic E-state index is 0.0711. The number of Topliss-reactive ketones (excluding diaryl/α,β-unsaturated/α-hetero) is 1. The standard InChI is InChI=1S/C15H15NO5/c1-2-21-15(20)12(8-11(9-16)14(18)19)13(17)10-6-4-3-5-7-10/h3-7,11-12H,2,8H2,1H3,(H,18,19). The molecule has 0 radical (unpaired) electrons. The molecule has 0 spiro atoms. The smallest absolute Gasteiger partial charge is 0.320 e. The number of esters is 1. The zero-order valence-electron chi connectivity index (χ0n) is 11.5. The van der Waals surface area contributed by atoms with Crippen LogP contribution in [0.3, 0.4) is 0 Å². The normalized spacial score (nSPS) is 12.8. The average Bonchev–Trinajstić information content (AvgIpc) is 2.48. The lowest BCUT2D eigenvalue weighted by Crippen LogP contribution is -2.30. The van der Waals surface area contributed by atoms with Crippen LogP contribution in [-0.4, -0.2) is 29.4 Å². The minimum atomic E-state index is -1.44. The van der Waals surface area contributed by atoms with Crippen LogP contribution in [0.4, 0.5) is 0 Å². The molecule has 0 heterocycles. The summed E-state index contributed by atoms with van der Waals surface area (Å²) in [6, 6.07) is 9.61. The molecule has 0 aromatic heterocycles. The first-order chi connectivity index (χ1) is 10.0. The summed E-state index contributed by atoms with van der Waals surface area (Å²) < 4.78 is 4.81. The van der Waals surface area contributed by atoms with E-state index in [1.807, 2.05) is 0 Å². The van der Waals surface area contributed by atoms with E-state index < -0.39 is 36.0 Å². The van der Waals surface area contributed by atoms with E-state index in [0.717, 1.165) is 0 Å². The molecule has 0 aliphatic heterocycles. The molecule has 1 aromatic carbocycles. The molecule has 21 heavy (non-hydrogen) atoms. The van der Waals surface area contributed by atoms with Crippen molar-refractivity contribution in [2.75, 3.05) is 6.61 Å². The second-order valence-electron chi connectivity index (χ2n) is 4.29. The van der Waals surface area contributed by atoms with Gasteiger partial charge in [-0.15, -0.1) is 0 Å². The number of carboxylic acids is 1. The van der Waals surface area contributed by atoms with Gasteiger partial charge >= 0.3 is 11.9 Å². The topological polar surface area (TPSA) is 104 Å². The van der Waals surface area contributed by atoms with Crippen LogP contribution < -0.4 is 0 Å². The molecule has 2 unspecified atom stereocenters. The number of rotatable bonds is 7. The third kappa shape index (κ3) is 4.42. The number of hydrogen-bond donors (Lipinski definition) is 1. The number of carbonyl (C=O) groups excluding carboxylic acids is 2. The van der Waals surface area contributed by atoms with Crippen molar-refractivity contribution < 1.29 is 24.2 Å². The van der Waals surface area contributed by atoms with Crippen LogP contribution in [-0.2, 0) is 14.3 Å². The first-order valence-corrected chi connectivity index (χ1v) is 6.39. The Kier molecular flexibility index (Phi) is 6.08. The lowest BCUT2D eigenvalue weighted by Gasteiger charge is -2.15. The summed E-state index contributed by atoms with van der Waals surface area (Å²) >= 11 is 0. The van der Waals surface area contributed by atoms with Crippen LogP contribution in [0.2, 0.25) is 0 Å². The number of carboxylic acid groups (broad SMARTS) is 1. The molecule has 0 aliphatic carbocycles. The zero-order valence-corrected chi connectivity index (χ0v) is 11.5. The summed E-state index contributed by atoms with van der Waals surface area (Å²) in [4.78, 5) is 35.1. The van der Waals surface area contributed by atoms with E-state index in [4.69, 9.17) is 15.1 Å². The highest BCUT2D eigenvalue weighted by Crippen LogP contribution is 2.19. The highest BCUT2D eigenvalue weighted by Gasteiger charge is 2.34. The van der Waals surface area contributed by atoms with E-state index in [0.29, 0.717) is 0 Å². The van der Waals surface area contributed by atoms with Crippen molar-refractivity contribution >= 4 is 17.7 Å². The van der Waals surface area contributed by atoms with Gasteiger partial charge in [0.2, 0.25) is 0 Å². The summed E-state index contributed by atoms with van der Waals surface area (Å²) in [6.45, 7) is 1.66. The van der Waals surface area contributed by atoms with Crippen molar-refractivity contribution in [2.45, 2.75) is 13.3 Å². The number of ketones is 1.